The number of aryl methyl sites for hydroxylation is 2. The average molecular weight is 146 g/mol. The van der Waals surface area contributed by atoms with Crippen molar-refractivity contribution in [2.24, 2.45) is 0 Å². The van der Waals surface area contributed by atoms with E-state index in [1.807, 2.05) is 18.5 Å². The normalized spacial score (nSPS) is 10.7. The Morgan fingerprint density at radius 3 is 2.91 bits per heavy atom. The maximum Gasteiger partial charge on any atom is 0.139 e. The lowest BCUT2D eigenvalue weighted by Gasteiger charge is -1.96. The van der Waals surface area contributed by atoms with Crippen molar-refractivity contribution in [3.63, 3.8) is 0 Å². The fourth-order valence-corrected chi connectivity index (χ4v) is 1.27. The number of fused-ring (bicyclic) bond motifs is 1. The molecule has 2 aromatic rings. The van der Waals surface area contributed by atoms with Crippen molar-refractivity contribution in [2.75, 3.05) is 0 Å². The second kappa shape index (κ2) is 2.09. The van der Waals surface area contributed by atoms with E-state index in [0.717, 1.165) is 5.65 Å². The summed E-state index contributed by atoms with van der Waals surface area (Å²) in [6, 6.07) is 4.11. The highest BCUT2D eigenvalue weighted by Gasteiger charge is 1.98. The van der Waals surface area contributed by atoms with Crippen molar-refractivity contribution in [1.29, 1.82) is 0 Å². The molecule has 0 spiro atoms. The number of nitrogens with zero attached hydrogens (tertiary/aromatic N) is 2. The predicted octanol–water partition coefficient (Wildman–Crippen LogP) is 1.95. The topological polar surface area (TPSA) is 17.3 Å². The van der Waals surface area contributed by atoms with Crippen molar-refractivity contribution in [3.05, 3.63) is 35.8 Å². The molecule has 2 heterocycles. The molecule has 0 aromatic carbocycles. The van der Waals surface area contributed by atoms with Crippen LogP contribution in [0.2, 0.25) is 0 Å². The molecule has 0 fully saturated rings. The summed E-state index contributed by atoms with van der Waals surface area (Å²) in [4.78, 5) is 4.28. The first kappa shape index (κ1) is 6.40. The van der Waals surface area contributed by atoms with E-state index < -0.39 is 0 Å². The fourth-order valence-electron chi connectivity index (χ4n) is 1.27. The van der Waals surface area contributed by atoms with Crippen LogP contribution in [0.5, 0.6) is 0 Å². The quantitative estimate of drug-likeness (QED) is 0.555. The molecule has 0 N–H and O–H groups in total. The number of pyridine rings is 1. The molecule has 0 aliphatic heterocycles. The standard InChI is InChI=1S/C9H10N2/c1-7-4-3-5-11-8(2)6-10-9(7)11/h3-6H,1-2H3. The van der Waals surface area contributed by atoms with Gasteiger partial charge in [-0.15, -0.1) is 0 Å². The molecule has 2 aromatic heterocycles. The van der Waals surface area contributed by atoms with Crippen molar-refractivity contribution in [1.82, 2.24) is 9.38 Å². The Labute approximate surface area is 65.5 Å². The van der Waals surface area contributed by atoms with Gasteiger partial charge >= 0.3 is 0 Å². The Kier molecular flexibility index (Phi) is 1.22. The van der Waals surface area contributed by atoms with Gasteiger partial charge in [0.25, 0.3) is 0 Å². The Balaban J connectivity index is 2.94. The van der Waals surface area contributed by atoms with E-state index in [4.69, 9.17) is 0 Å². The van der Waals surface area contributed by atoms with Crippen molar-refractivity contribution in [2.45, 2.75) is 13.8 Å². The minimum Gasteiger partial charge on any atom is -0.304 e. The van der Waals surface area contributed by atoms with Crippen LogP contribution in [0.25, 0.3) is 5.65 Å². The van der Waals surface area contributed by atoms with Crippen molar-refractivity contribution < 1.29 is 0 Å². The van der Waals surface area contributed by atoms with Gasteiger partial charge in [0.15, 0.2) is 0 Å². The molecule has 0 aliphatic rings. The molecule has 0 saturated carbocycles. The second-order valence-electron chi connectivity index (χ2n) is 2.78. The Hall–Kier alpha value is -1.31. The van der Waals surface area contributed by atoms with Gasteiger partial charge < -0.3 is 4.40 Å². The third-order valence-corrected chi connectivity index (χ3v) is 1.92. The van der Waals surface area contributed by atoms with Crippen LogP contribution < -0.4 is 0 Å². The zero-order valence-corrected chi connectivity index (χ0v) is 6.70. The Morgan fingerprint density at radius 1 is 1.36 bits per heavy atom. The zero-order valence-electron chi connectivity index (χ0n) is 6.70. The smallest absolute Gasteiger partial charge is 0.139 e. The molecule has 0 bridgehead atoms. The SMILES string of the molecule is Cc1cccn2c(C)cnc12. The molecule has 0 atom stereocenters. The van der Waals surface area contributed by atoms with E-state index in [-0.39, 0.29) is 0 Å². The van der Waals surface area contributed by atoms with Gasteiger partial charge in [-0.1, -0.05) is 6.07 Å². The zero-order chi connectivity index (χ0) is 7.84. The summed E-state index contributed by atoms with van der Waals surface area (Å²) in [5.74, 6) is 0. The molecule has 0 aliphatic carbocycles. The minimum absolute atomic E-state index is 1.06. The summed E-state index contributed by atoms with van der Waals surface area (Å²) >= 11 is 0. The first-order valence-corrected chi connectivity index (χ1v) is 3.68. The van der Waals surface area contributed by atoms with E-state index in [2.05, 4.69) is 29.3 Å². The Morgan fingerprint density at radius 2 is 2.18 bits per heavy atom. The number of rotatable bonds is 0. The first-order valence-electron chi connectivity index (χ1n) is 3.68. The monoisotopic (exact) mass is 146 g/mol. The first-order chi connectivity index (χ1) is 5.29. The van der Waals surface area contributed by atoms with Gasteiger partial charge in [-0.05, 0) is 25.5 Å². The maximum atomic E-state index is 4.28. The van der Waals surface area contributed by atoms with Gasteiger partial charge in [-0.25, -0.2) is 4.98 Å². The van der Waals surface area contributed by atoms with Crippen LogP contribution in [0.15, 0.2) is 24.5 Å². The third kappa shape index (κ3) is 0.827. The molecule has 56 valence electrons. The second-order valence-corrected chi connectivity index (χ2v) is 2.78. The van der Waals surface area contributed by atoms with Crippen LogP contribution in [0.1, 0.15) is 11.3 Å². The highest BCUT2D eigenvalue weighted by atomic mass is 15.0. The molecule has 0 amide bonds. The number of imidazole rings is 1. The van der Waals surface area contributed by atoms with Gasteiger partial charge in [0, 0.05) is 18.1 Å². The van der Waals surface area contributed by atoms with Crippen LogP contribution in [-0.4, -0.2) is 9.38 Å². The molecule has 11 heavy (non-hydrogen) atoms. The number of hydrogen-bond donors (Lipinski definition) is 0. The van der Waals surface area contributed by atoms with Crippen LogP contribution in [0.3, 0.4) is 0 Å². The van der Waals surface area contributed by atoms with Gasteiger partial charge in [-0.2, -0.15) is 0 Å². The fraction of sp³-hybridized carbons (Fsp3) is 0.222. The molecule has 0 unspecified atom stereocenters. The van der Waals surface area contributed by atoms with E-state index in [1.165, 1.54) is 11.3 Å². The van der Waals surface area contributed by atoms with Gasteiger partial charge in [0.05, 0.1) is 0 Å². The van der Waals surface area contributed by atoms with E-state index in [9.17, 15) is 0 Å². The van der Waals surface area contributed by atoms with Crippen LogP contribution >= 0.6 is 0 Å². The van der Waals surface area contributed by atoms with Crippen LogP contribution in [0, 0.1) is 13.8 Å². The summed E-state index contributed by atoms with van der Waals surface area (Å²) in [6.45, 7) is 4.13. The highest BCUT2D eigenvalue weighted by molar-refractivity contribution is 5.47. The van der Waals surface area contributed by atoms with E-state index in [0.29, 0.717) is 0 Å². The Bertz CT molecular complexity index is 387. The van der Waals surface area contributed by atoms with Crippen LogP contribution in [0.4, 0.5) is 0 Å². The molecule has 0 saturated heterocycles. The molecule has 2 rings (SSSR count). The van der Waals surface area contributed by atoms with Gasteiger partial charge in [0.1, 0.15) is 5.65 Å². The third-order valence-electron chi connectivity index (χ3n) is 1.92. The predicted molar refractivity (Wildman–Crippen MR) is 44.7 cm³/mol. The van der Waals surface area contributed by atoms with Crippen LogP contribution in [-0.2, 0) is 0 Å². The summed E-state index contributed by atoms with van der Waals surface area (Å²) in [7, 11) is 0. The largest absolute Gasteiger partial charge is 0.304 e. The van der Waals surface area contributed by atoms with Crippen molar-refractivity contribution in [3.8, 4) is 0 Å². The molecular weight excluding hydrogens is 136 g/mol. The highest BCUT2D eigenvalue weighted by Crippen LogP contribution is 2.09. The molecule has 2 heteroatoms. The van der Waals surface area contributed by atoms with E-state index in [1.54, 1.807) is 0 Å². The minimum atomic E-state index is 1.06. The van der Waals surface area contributed by atoms with E-state index >= 15 is 0 Å². The summed E-state index contributed by atoms with van der Waals surface area (Å²) in [6.07, 6.45) is 3.92. The lowest BCUT2D eigenvalue weighted by Crippen LogP contribution is -1.87. The van der Waals surface area contributed by atoms with Gasteiger partial charge in [-0.3, -0.25) is 0 Å². The van der Waals surface area contributed by atoms with Gasteiger partial charge in [0.2, 0.25) is 0 Å². The molecule has 0 radical (unpaired) electrons. The molecule has 2 nitrogen and oxygen atoms in total. The lowest BCUT2D eigenvalue weighted by molar-refractivity contribution is 1.10. The van der Waals surface area contributed by atoms with Crippen molar-refractivity contribution >= 4 is 5.65 Å². The molecular formula is C9H10N2. The average Bonchev–Trinajstić information content (AvgIpc) is 2.35. The lowest BCUT2D eigenvalue weighted by atomic mass is 10.3. The number of hydrogen-bond acceptors (Lipinski definition) is 1. The number of aromatic nitrogens is 2. The summed E-state index contributed by atoms with van der Waals surface area (Å²) in [5, 5.41) is 0. The maximum absolute atomic E-state index is 4.28. The summed E-state index contributed by atoms with van der Waals surface area (Å²) in [5.41, 5.74) is 3.47. The summed E-state index contributed by atoms with van der Waals surface area (Å²) < 4.78 is 2.09.